The van der Waals surface area contributed by atoms with E-state index in [1.165, 1.54) is 24.3 Å². The number of benzene rings is 2. The fourth-order valence-corrected chi connectivity index (χ4v) is 3.33. The summed E-state index contributed by atoms with van der Waals surface area (Å²) in [4.78, 5) is 12.8. The number of ether oxygens (including phenoxy) is 2. The number of hydrogen-bond donors (Lipinski definition) is 2. The zero-order valence-electron chi connectivity index (χ0n) is 17.7. The van der Waals surface area contributed by atoms with Crippen LogP contribution in [0.3, 0.4) is 0 Å². The molecule has 16 heteroatoms. The van der Waals surface area contributed by atoms with Gasteiger partial charge in [-0.1, -0.05) is 6.07 Å². The predicted octanol–water partition coefficient (Wildman–Crippen LogP) is 5.61. The lowest BCUT2D eigenvalue weighted by atomic mass is 10.2. The fourth-order valence-electron chi connectivity index (χ4n) is 2.64. The normalized spacial score (nSPS) is 13.6. The van der Waals surface area contributed by atoms with Crippen molar-refractivity contribution in [3.8, 4) is 17.4 Å². The lowest BCUT2D eigenvalue weighted by molar-refractivity contribution is -0.275. The number of carbonyl (C=O) groups is 1. The van der Waals surface area contributed by atoms with Crippen LogP contribution in [0.25, 0.3) is 0 Å². The van der Waals surface area contributed by atoms with Crippen molar-refractivity contribution in [2.24, 2.45) is 0 Å². The highest BCUT2D eigenvalue weighted by Crippen LogP contribution is 2.33. The van der Waals surface area contributed by atoms with Crippen LogP contribution in [0.2, 0.25) is 0 Å². The second kappa shape index (κ2) is 9.60. The molecule has 0 bridgehead atoms. The van der Waals surface area contributed by atoms with Crippen molar-refractivity contribution in [1.82, 2.24) is 10.2 Å². The zero-order valence-corrected chi connectivity index (χ0v) is 18.5. The van der Waals surface area contributed by atoms with E-state index in [1.54, 1.807) is 0 Å². The van der Waals surface area contributed by atoms with Gasteiger partial charge in [0.25, 0.3) is 11.8 Å². The number of alkyl halides is 6. The van der Waals surface area contributed by atoms with E-state index in [4.69, 9.17) is 9.52 Å². The fraction of sp³-hybridized carbons (Fsp3) is 0.150. The number of amides is 1. The Hall–Kier alpha value is -3.95. The molecule has 1 aromatic heterocycles. The average molecular weight is 538 g/mol. The molecular weight excluding hydrogens is 525 g/mol. The Balaban J connectivity index is 1.96. The Morgan fingerprint density at radius 1 is 1.03 bits per heavy atom. The average Bonchev–Trinajstić information content (AvgIpc) is 2.74. The molecule has 3 rings (SSSR count). The smallest absolute Gasteiger partial charge is 0.437 e. The Morgan fingerprint density at radius 3 is 2.31 bits per heavy atom. The Morgan fingerprint density at radius 2 is 1.72 bits per heavy atom. The number of rotatable bonds is 6. The van der Waals surface area contributed by atoms with Gasteiger partial charge in [0.2, 0.25) is 0 Å². The molecule has 8 nitrogen and oxygen atoms in total. The highest BCUT2D eigenvalue weighted by atomic mass is 32.2. The first kappa shape index (κ1) is 26.7. The molecule has 36 heavy (non-hydrogen) atoms. The third-order valence-corrected chi connectivity index (χ3v) is 5.33. The maximum Gasteiger partial charge on any atom is 0.573 e. The molecule has 0 aliphatic carbocycles. The van der Waals surface area contributed by atoms with Gasteiger partial charge in [-0.2, -0.15) is 13.2 Å². The molecular formula is C20H13F7N4O4S. The third kappa shape index (κ3) is 6.80. The summed E-state index contributed by atoms with van der Waals surface area (Å²) in [6.45, 7) is 0. The molecule has 1 unspecified atom stereocenters. The van der Waals surface area contributed by atoms with Gasteiger partial charge in [-0.3, -0.25) is 4.79 Å². The van der Waals surface area contributed by atoms with Gasteiger partial charge in [-0.25, -0.2) is 13.4 Å². The van der Waals surface area contributed by atoms with E-state index in [2.05, 4.69) is 20.3 Å². The van der Waals surface area contributed by atoms with Gasteiger partial charge in [0.1, 0.15) is 11.3 Å². The van der Waals surface area contributed by atoms with Gasteiger partial charge in [-0.15, -0.1) is 23.4 Å². The first-order valence-corrected chi connectivity index (χ1v) is 11.3. The molecule has 1 heterocycles. The summed E-state index contributed by atoms with van der Waals surface area (Å²) in [5.41, 5.74) is -2.42. The summed E-state index contributed by atoms with van der Waals surface area (Å²) in [6.07, 6.45) is -9.08. The van der Waals surface area contributed by atoms with Crippen LogP contribution in [-0.4, -0.2) is 32.9 Å². The minimum atomic E-state index is -5.18. The molecule has 0 aliphatic heterocycles. The molecule has 0 fully saturated rings. The van der Waals surface area contributed by atoms with Crippen LogP contribution in [0, 0.1) is 10.6 Å². The maximum absolute atomic E-state index is 14.0. The molecule has 2 aromatic carbocycles. The number of halogens is 7. The van der Waals surface area contributed by atoms with Crippen molar-refractivity contribution in [2.45, 2.75) is 17.4 Å². The van der Waals surface area contributed by atoms with Crippen LogP contribution in [-0.2, 0) is 15.9 Å². The topological polar surface area (TPSA) is 114 Å². The standard InChI is InChI=1S/C20H13F7N4O4S/c1-36(28,33)12-4-2-3-10(7-12)29-17(32)13-9-16(19(22,23)24)30-31-18(13)34-11-5-6-15(14(21)8-11)35-20(25,26)27/h2-9,28H,1H3,(H,29,32). The molecule has 192 valence electrons. The molecule has 3 aromatic rings. The minimum Gasteiger partial charge on any atom is -0.437 e. The SMILES string of the molecule is CS(=N)(=O)c1cccc(NC(=O)c2cc(C(F)(F)F)nnc2Oc2ccc(OC(F)(F)F)c(F)c2)c1. The second-order valence-electron chi connectivity index (χ2n) is 7.01. The quantitative estimate of drug-likeness (QED) is 0.394. The van der Waals surface area contributed by atoms with E-state index in [1.807, 2.05) is 0 Å². The van der Waals surface area contributed by atoms with Gasteiger partial charge < -0.3 is 14.8 Å². The molecule has 0 spiro atoms. The number of hydrogen-bond acceptors (Lipinski definition) is 7. The Kier molecular flexibility index (Phi) is 7.11. The second-order valence-corrected chi connectivity index (χ2v) is 9.17. The molecule has 0 radical (unpaired) electrons. The van der Waals surface area contributed by atoms with Gasteiger partial charge in [-0.05, 0) is 36.4 Å². The molecule has 1 amide bonds. The van der Waals surface area contributed by atoms with Crippen molar-refractivity contribution in [1.29, 1.82) is 4.78 Å². The van der Waals surface area contributed by atoms with Crippen molar-refractivity contribution < 1.29 is 49.2 Å². The summed E-state index contributed by atoms with van der Waals surface area (Å²) in [5.74, 6) is -5.29. The summed E-state index contributed by atoms with van der Waals surface area (Å²) < 4.78 is 118. The Labute approximate surface area is 198 Å². The number of nitrogens with zero attached hydrogens (tertiary/aromatic N) is 2. The number of nitrogens with one attached hydrogen (secondary N) is 2. The van der Waals surface area contributed by atoms with Crippen LogP contribution < -0.4 is 14.8 Å². The highest BCUT2D eigenvalue weighted by Gasteiger charge is 2.35. The van der Waals surface area contributed by atoms with Gasteiger partial charge in [0.05, 0.1) is 9.73 Å². The number of aromatic nitrogens is 2. The van der Waals surface area contributed by atoms with E-state index in [0.717, 1.165) is 12.3 Å². The van der Waals surface area contributed by atoms with Crippen molar-refractivity contribution in [3.63, 3.8) is 0 Å². The van der Waals surface area contributed by atoms with E-state index < -0.39 is 62.6 Å². The molecule has 2 N–H and O–H groups in total. The predicted molar refractivity (Wildman–Crippen MR) is 110 cm³/mol. The molecule has 0 saturated heterocycles. The third-order valence-electron chi connectivity index (χ3n) is 4.18. The van der Waals surface area contributed by atoms with Gasteiger partial charge in [0, 0.05) is 22.9 Å². The zero-order chi connectivity index (χ0) is 26.9. The van der Waals surface area contributed by atoms with Crippen LogP contribution >= 0.6 is 0 Å². The van der Waals surface area contributed by atoms with Crippen LogP contribution in [0.1, 0.15) is 16.1 Å². The first-order chi connectivity index (χ1) is 16.5. The molecule has 0 aliphatic rings. The summed E-state index contributed by atoms with van der Waals surface area (Å²) >= 11 is 0. The van der Waals surface area contributed by atoms with Gasteiger partial charge >= 0.3 is 12.5 Å². The highest BCUT2D eigenvalue weighted by molar-refractivity contribution is 7.91. The monoisotopic (exact) mass is 538 g/mol. The van der Waals surface area contributed by atoms with Gasteiger partial charge in [0.15, 0.2) is 17.3 Å². The van der Waals surface area contributed by atoms with Crippen molar-refractivity contribution in [2.75, 3.05) is 11.6 Å². The lowest BCUT2D eigenvalue weighted by Gasteiger charge is -2.14. The lowest BCUT2D eigenvalue weighted by Crippen LogP contribution is -2.18. The first-order valence-electron chi connectivity index (χ1n) is 9.36. The maximum atomic E-state index is 14.0. The van der Waals surface area contributed by atoms with Crippen molar-refractivity contribution in [3.05, 3.63) is 65.6 Å². The van der Waals surface area contributed by atoms with Crippen LogP contribution in [0.15, 0.2) is 53.4 Å². The van der Waals surface area contributed by atoms with Crippen LogP contribution in [0.5, 0.6) is 17.4 Å². The van der Waals surface area contributed by atoms with E-state index in [-0.39, 0.29) is 10.6 Å². The minimum absolute atomic E-state index is 0.0252. The largest absolute Gasteiger partial charge is 0.573 e. The number of anilines is 1. The van der Waals surface area contributed by atoms with Crippen molar-refractivity contribution >= 4 is 21.3 Å². The number of carbonyl (C=O) groups excluding carboxylic acids is 1. The molecule has 0 saturated carbocycles. The van der Waals surface area contributed by atoms with E-state index in [0.29, 0.717) is 18.2 Å². The Bertz CT molecular complexity index is 1410. The summed E-state index contributed by atoms with van der Waals surface area (Å²) in [7, 11) is -3.18. The van der Waals surface area contributed by atoms with Crippen LogP contribution in [0.4, 0.5) is 36.4 Å². The molecule has 1 atom stereocenters. The van der Waals surface area contributed by atoms with E-state index in [9.17, 15) is 39.7 Å². The summed E-state index contributed by atoms with van der Waals surface area (Å²) in [5, 5.41) is 8.37. The van der Waals surface area contributed by atoms with E-state index >= 15 is 0 Å². The summed E-state index contributed by atoms with van der Waals surface area (Å²) in [6, 6.07) is 7.23.